The molecule has 1 fully saturated rings. The van der Waals surface area contributed by atoms with Crippen molar-refractivity contribution in [2.24, 2.45) is 0 Å². The van der Waals surface area contributed by atoms with Crippen molar-refractivity contribution < 1.29 is 9.47 Å². The fourth-order valence-corrected chi connectivity index (χ4v) is 2.21. The predicted octanol–water partition coefficient (Wildman–Crippen LogP) is 2.36. The lowest BCUT2D eigenvalue weighted by Gasteiger charge is -2.18. The van der Waals surface area contributed by atoms with Crippen LogP contribution in [-0.4, -0.2) is 30.3 Å². The summed E-state index contributed by atoms with van der Waals surface area (Å²) in [4.78, 5) is 4.56. The van der Waals surface area contributed by atoms with Gasteiger partial charge in [-0.05, 0) is 25.5 Å². The molecular weight excluding hydrogens is 240 g/mol. The molecular formula is C15H24N2O2. The van der Waals surface area contributed by atoms with Crippen LogP contribution in [0.5, 0.6) is 5.88 Å². The summed E-state index contributed by atoms with van der Waals surface area (Å²) < 4.78 is 11.4. The highest BCUT2D eigenvalue weighted by molar-refractivity contribution is 5.36. The Kier molecular flexibility index (Phi) is 4.77. The number of nitrogens with one attached hydrogen (secondary N) is 1. The molecule has 2 heterocycles. The van der Waals surface area contributed by atoms with Crippen LogP contribution in [-0.2, 0) is 11.3 Å². The van der Waals surface area contributed by atoms with Gasteiger partial charge in [0.05, 0.1) is 13.2 Å². The van der Waals surface area contributed by atoms with Gasteiger partial charge in [-0.15, -0.1) is 0 Å². The molecule has 1 saturated heterocycles. The molecule has 1 atom stereocenters. The summed E-state index contributed by atoms with van der Waals surface area (Å²) in [6, 6.07) is 2.55. The van der Waals surface area contributed by atoms with Gasteiger partial charge >= 0.3 is 0 Å². The lowest BCUT2D eigenvalue weighted by molar-refractivity contribution is 0.137. The summed E-state index contributed by atoms with van der Waals surface area (Å²) in [5.74, 6) is 0.765. The fourth-order valence-electron chi connectivity index (χ4n) is 2.21. The van der Waals surface area contributed by atoms with Crippen LogP contribution in [0, 0.1) is 13.8 Å². The maximum absolute atomic E-state index is 6.02. The second-order valence-corrected chi connectivity index (χ2v) is 5.50. The first-order valence-corrected chi connectivity index (χ1v) is 7.01. The van der Waals surface area contributed by atoms with Crippen LogP contribution in [0.1, 0.15) is 37.1 Å². The molecule has 1 aliphatic rings. The molecule has 4 nitrogen and oxygen atoms in total. The van der Waals surface area contributed by atoms with E-state index in [1.165, 1.54) is 5.56 Å². The average molecular weight is 264 g/mol. The van der Waals surface area contributed by atoms with Crippen molar-refractivity contribution in [3.8, 4) is 5.88 Å². The molecule has 0 aromatic carbocycles. The summed E-state index contributed by atoms with van der Waals surface area (Å²) in [5, 5.41) is 3.44. The predicted molar refractivity (Wildman–Crippen MR) is 75.5 cm³/mol. The van der Waals surface area contributed by atoms with Gasteiger partial charge in [0.25, 0.3) is 0 Å². The number of pyridine rings is 1. The Morgan fingerprint density at radius 2 is 2.26 bits per heavy atom. The molecule has 0 amide bonds. The van der Waals surface area contributed by atoms with Crippen molar-refractivity contribution in [3.63, 3.8) is 0 Å². The molecule has 106 valence electrons. The first-order chi connectivity index (χ1) is 9.06. The highest BCUT2D eigenvalue weighted by Crippen LogP contribution is 2.24. The third-order valence-corrected chi connectivity index (χ3v) is 3.29. The molecule has 1 aliphatic heterocycles. The van der Waals surface area contributed by atoms with Gasteiger partial charge in [0, 0.05) is 30.3 Å². The van der Waals surface area contributed by atoms with Crippen LogP contribution in [0.15, 0.2) is 6.07 Å². The Bertz CT molecular complexity index is 426. The van der Waals surface area contributed by atoms with Crippen molar-refractivity contribution in [2.75, 3.05) is 13.2 Å². The van der Waals surface area contributed by atoms with E-state index in [1.807, 2.05) is 6.92 Å². The van der Waals surface area contributed by atoms with Crippen molar-refractivity contribution in [1.82, 2.24) is 10.3 Å². The van der Waals surface area contributed by atoms with Crippen molar-refractivity contribution in [1.29, 1.82) is 0 Å². The van der Waals surface area contributed by atoms with Crippen molar-refractivity contribution in [3.05, 3.63) is 22.9 Å². The quantitative estimate of drug-likeness (QED) is 0.886. The van der Waals surface area contributed by atoms with Gasteiger partial charge in [-0.1, -0.05) is 13.8 Å². The first-order valence-electron chi connectivity index (χ1n) is 7.01. The van der Waals surface area contributed by atoms with E-state index < -0.39 is 0 Å². The zero-order chi connectivity index (χ0) is 13.8. The minimum absolute atomic E-state index is 0.145. The van der Waals surface area contributed by atoms with Crippen molar-refractivity contribution in [2.45, 2.75) is 52.8 Å². The first kappa shape index (κ1) is 14.3. The lowest BCUT2D eigenvalue weighted by Crippen LogP contribution is -2.24. The maximum atomic E-state index is 6.02. The lowest BCUT2D eigenvalue weighted by atomic mass is 10.1. The number of ether oxygens (including phenoxy) is 2. The monoisotopic (exact) mass is 264 g/mol. The molecule has 1 N–H and O–H groups in total. The van der Waals surface area contributed by atoms with E-state index in [9.17, 15) is 0 Å². The number of aromatic nitrogens is 1. The number of hydrogen-bond donors (Lipinski definition) is 1. The molecule has 0 saturated carbocycles. The number of hydrogen-bond acceptors (Lipinski definition) is 4. The van der Waals surface area contributed by atoms with Crippen LogP contribution in [0.3, 0.4) is 0 Å². The molecule has 2 rings (SSSR count). The van der Waals surface area contributed by atoms with Crippen LogP contribution >= 0.6 is 0 Å². The van der Waals surface area contributed by atoms with Crippen LogP contribution in [0.4, 0.5) is 0 Å². The zero-order valence-corrected chi connectivity index (χ0v) is 12.3. The molecule has 1 aromatic rings. The highest BCUT2D eigenvalue weighted by atomic mass is 16.5. The summed E-state index contributed by atoms with van der Waals surface area (Å²) >= 11 is 0. The Morgan fingerprint density at radius 3 is 2.89 bits per heavy atom. The van der Waals surface area contributed by atoms with Gasteiger partial charge in [-0.25, -0.2) is 4.98 Å². The van der Waals surface area contributed by atoms with Gasteiger partial charge in [0.2, 0.25) is 5.88 Å². The Hall–Kier alpha value is -1.13. The van der Waals surface area contributed by atoms with Gasteiger partial charge in [-0.3, -0.25) is 0 Å². The highest BCUT2D eigenvalue weighted by Gasteiger charge is 2.20. The van der Waals surface area contributed by atoms with E-state index >= 15 is 0 Å². The van der Waals surface area contributed by atoms with Crippen molar-refractivity contribution >= 4 is 0 Å². The standard InChI is InChI=1S/C15H24N2O2/c1-10(2)16-8-14-11(3)7-12(4)17-15(14)19-13-5-6-18-9-13/h7,10,13,16H,5-6,8-9H2,1-4H3. The second kappa shape index (κ2) is 6.35. The van der Waals surface area contributed by atoms with Gasteiger partial charge in [-0.2, -0.15) is 0 Å². The molecule has 19 heavy (non-hydrogen) atoms. The average Bonchev–Trinajstić information content (AvgIpc) is 2.80. The van der Waals surface area contributed by atoms with Crippen LogP contribution in [0.25, 0.3) is 0 Å². The van der Waals surface area contributed by atoms with E-state index in [0.29, 0.717) is 12.6 Å². The Morgan fingerprint density at radius 1 is 1.47 bits per heavy atom. The smallest absolute Gasteiger partial charge is 0.218 e. The molecule has 0 aliphatic carbocycles. The third kappa shape index (κ3) is 3.91. The fraction of sp³-hybridized carbons (Fsp3) is 0.667. The van der Waals surface area contributed by atoms with E-state index in [0.717, 1.165) is 36.7 Å². The molecule has 1 unspecified atom stereocenters. The SMILES string of the molecule is Cc1cc(C)c(CNC(C)C)c(OC2CCOC2)n1. The molecule has 0 bridgehead atoms. The van der Waals surface area contributed by atoms with E-state index in [2.05, 4.69) is 37.1 Å². The summed E-state index contributed by atoms with van der Waals surface area (Å²) in [6.45, 7) is 10.7. The number of nitrogens with zero attached hydrogens (tertiary/aromatic N) is 1. The minimum atomic E-state index is 0.145. The van der Waals surface area contributed by atoms with E-state index in [4.69, 9.17) is 9.47 Å². The topological polar surface area (TPSA) is 43.4 Å². The molecule has 1 aromatic heterocycles. The maximum Gasteiger partial charge on any atom is 0.218 e. The normalized spacial score (nSPS) is 19.1. The number of aryl methyl sites for hydroxylation is 2. The second-order valence-electron chi connectivity index (χ2n) is 5.50. The van der Waals surface area contributed by atoms with Gasteiger partial charge < -0.3 is 14.8 Å². The molecule has 0 radical (unpaired) electrons. The van der Waals surface area contributed by atoms with Gasteiger partial charge in [0.15, 0.2) is 0 Å². The summed E-state index contributed by atoms with van der Waals surface area (Å²) in [6.07, 6.45) is 1.10. The Labute approximate surface area is 115 Å². The molecule has 0 spiro atoms. The minimum Gasteiger partial charge on any atom is -0.472 e. The Balaban J connectivity index is 2.17. The van der Waals surface area contributed by atoms with Crippen LogP contribution in [0.2, 0.25) is 0 Å². The number of rotatable bonds is 5. The van der Waals surface area contributed by atoms with Crippen LogP contribution < -0.4 is 10.1 Å². The zero-order valence-electron chi connectivity index (χ0n) is 12.3. The largest absolute Gasteiger partial charge is 0.472 e. The summed E-state index contributed by atoms with van der Waals surface area (Å²) in [7, 11) is 0. The summed E-state index contributed by atoms with van der Waals surface area (Å²) in [5.41, 5.74) is 3.39. The molecule has 4 heteroatoms. The third-order valence-electron chi connectivity index (χ3n) is 3.29. The van der Waals surface area contributed by atoms with E-state index in [1.54, 1.807) is 0 Å². The van der Waals surface area contributed by atoms with Gasteiger partial charge in [0.1, 0.15) is 6.10 Å². The van der Waals surface area contributed by atoms with E-state index in [-0.39, 0.29) is 6.10 Å².